The quantitative estimate of drug-likeness (QED) is 0.898. The lowest BCUT2D eigenvalue weighted by atomic mass is 10.3. The van der Waals surface area contributed by atoms with Gasteiger partial charge in [0, 0.05) is 23.8 Å². The molecule has 0 atom stereocenters. The van der Waals surface area contributed by atoms with E-state index in [0.29, 0.717) is 11.6 Å². The highest BCUT2D eigenvalue weighted by molar-refractivity contribution is 6.30. The first kappa shape index (κ1) is 16.2. The number of carbonyl (C=O) groups excluding carboxylic acids is 1. The van der Waals surface area contributed by atoms with Gasteiger partial charge in [0.05, 0.1) is 6.54 Å². The number of carbonyl (C=O) groups is 1. The Kier molecular flexibility index (Phi) is 7.16. The summed E-state index contributed by atoms with van der Waals surface area (Å²) >= 11 is 5.87. The van der Waals surface area contributed by atoms with Crippen LogP contribution in [0.2, 0.25) is 5.02 Å². The average molecular weight is 304 g/mol. The third kappa shape index (κ3) is 5.78. The Balaban J connectivity index is 0.00000180. The molecule has 1 aliphatic heterocycles. The summed E-state index contributed by atoms with van der Waals surface area (Å²) in [7, 11) is 0. The number of rotatable bonds is 3. The molecule has 0 spiro atoms. The molecule has 0 aliphatic carbocycles. The van der Waals surface area contributed by atoms with E-state index in [1.54, 1.807) is 12.1 Å². The van der Waals surface area contributed by atoms with Crippen LogP contribution in [0, 0.1) is 0 Å². The summed E-state index contributed by atoms with van der Waals surface area (Å²) < 4.78 is 0. The summed E-state index contributed by atoms with van der Waals surface area (Å²) in [6, 6.07) is 7.21. The Morgan fingerprint density at radius 3 is 3.00 bits per heavy atom. The smallest absolute Gasteiger partial charge is 0.238 e. The number of nitrogens with one attached hydrogen (secondary N) is 2. The Morgan fingerprint density at radius 1 is 1.37 bits per heavy atom. The molecule has 1 heterocycles. The summed E-state index contributed by atoms with van der Waals surface area (Å²) in [5.41, 5.74) is 0.750. The van der Waals surface area contributed by atoms with Crippen molar-refractivity contribution < 1.29 is 4.79 Å². The molecule has 19 heavy (non-hydrogen) atoms. The van der Waals surface area contributed by atoms with Crippen LogP contribution >= 0.6 is 24.0 Å². The van der Waals surface area contributed by atoms with E-state index in [1.807, 2.05) is 12.1 Å². The van der Waals surface area contributed by atoms with E-state index in [4.69, 9.17) is 11.6 Å². The molecular formula is C13H19Cl2N3O. The molecule has 106 valence electrons. The van der Waals surface area contributed by atoms with Crippen LogP contribution in [0.4, 0.5) is 5.69 Å². The normalized spacial score (nSPS) is 16.3. The standard InChI is InChI=1S/C13H18ClN3O.ClH/c14-11-3-1-4-12(9-11)16-13(18)10-17-7-2-5-15-6-8-17;/h1,3-4,9,15H,2,5-8,10H2,(H,16,18);1H. The Labute approximate surface area is 124 Å². The van der Waals surface area contributed by atoms with Gasteiger partial charge < -0.3 is 10.6 Å². The minimum Gasteiger partial charge on any atom is -0.325 e. The summed E-state index contributed by atoms with van der Waals surface area (Å²) in [4.78, 5) is 14.1. The summed E-state index contributed by atoms with van der Waals surface area (Å²) in [5.74, 6) is 0.0131. The minimum atomic E-state index is 0. The number of benzene rings is 1. The van der Waals surface area contributed by atoms with Crippen molar-refractivity contribution in [2.75, 3.05) is 38.0 Å². The van der Waals surface area contributed by atoms with Crippen molar-refractivity contribution in [2.45, 2.75) is 6.42 Å². The van der Waals surface area contributed by atoms with Crippen LogP contribution in [-0.4, -0.2) is 43.5 Å². The lowest BCUT2D eigenvalue weighted by Crippen LogP contribution is -2.35. The molecule has 1 fully saturated rings. The van der Waals surface area contributed by atoms with Crippen molar-refractivity contribution in [1.29, 1.82) is 0 Å². The predicted molar refractivity (Wildman–Crippen MR) is 81.3 cm³/mol. The van der Waals surface area contributed by atoms with Gasteiger partial charge in [-0.25, -0.2) is 0 Å². The molecule has 6 heteroatoms. The third-order valence-electron chi connectivity index (χ3n) is 2.91. The van der Waals surface area contributed by atoms with Crippen molar-refractivity contribution in [3.63, 3.8) is 0 Å². The lowest BCUT2D eigenvalue weighted by molar-refractivity contribution is -0.117. The van der Waals surface area contributed by atoms with Crippen LogP contribution in [0.3, 0.4) is 0 Å². The van der Waals surface area contributed by atoms with Gasteiger partial charge in [-0.2, -0.15) is 0 Å². The molecular weight excluding hydrogens is 285 g/mol. The van der Waals surface area contributed by atoms with Crippen molar-refractivity contribution >= 4 is 35.6 Å². The van der Waals surface area contributed by atoms with Gasteiger partial charge in [-0.3, -0.25) is 9.69 Å². The van der Waals surface area contributed by atoms with Gasteiger partial charge in [0.1, 0.15) is 0 Å². The van der Waals surface area contributed by atoms with Gasteiger partial charge in [0.25, 0.3) is 0 Å². The number of anilines is 1. The first-order valence-electron chi connectivity index (χ1n) is 6.22. The van der Waals surface area contributed by atoms with Crippen LogP contribution in [-0.2, 0) is 4.79 Å². The third-order valence-corrected chi connectivity index (χ3v) is 3.14. The highest BCUT2D eigenvalue weighted by atomic mass is 35.5. The molecule has 1 aromatic carbocycles. The van der Waals surface area contributed by atoms with Gasteiger partial charge in [-0.15, -0.1) is 12.4 Å². The maximum Gasteiger partial charge on any atom is 0.238 e. The molecule has 0 saturated carbocycles. The zero-order chi connectivity index (χ0) is 12.8. The van der Waals surface area contributed by atoms with E-state index >= 15 is 0 Å². The fraction of sp³-hybridized carbons (Fsp3) is 0.462. The van der Waals surface area contributed by atoms with Gasteiger partial charge >= 0.3 is 0 Å². The second-order valence-electron chi connectivity index (χ2n) is 4.44. The molecule has 0 radical (unpaired) electrons. The number of halogens is 2. The molecule has 0 bridgehead atoms. The van der Waals surface area contributed by atoms with E-state index < -0.39 is 0 Å². The van der Waals surface area contributed by atoms with Crippen LogP contribution in [0.15, 0.2) is 24.3 Å². The first-order valence-corrected chi connectivity index (χ1v) is 6.60. The van der Waals surface area contributed by atoms with Crippen LogP contribution in [0.25, 0.3) is 0 Å². The molecule has 1 aliphatic rings. The maximum absolute atomic E-state index is 11.9. The van der Waals surface area contributed by atoms with E-state index in [2.05, 4.69) is 15.5 Å². The van der Waals surface area contributed by atoms with Crippen LogP contribution in [0.1, 0.15) is 6.42 Å². The lowest BCUT2D eigenvalue weighted by Gasteiger charge is -2.18. The minimum absolute atomic E-state index is 0. The highest BCUT2D eigenvalue weighted by Gasteiger charge is 2.12. The van der Waals surface area contributed by atoms with Crippen molar-refractivity contribution in [3.8, 4) is 0 Å². The van der Waals surface area contributed by atoms with Gasteiger partial charge in [0.2, 0.25) is 5.91 Å². The Morgan fingerprint density at radius 2 is 2.21 bits per heavy atom. The molecule has 0 aromatic heterocycles. The second kappa shape index (κ2) is 8.38. The maximum atomic E-state index is 11.9. The average Bonchev–Trinajstić information content (AvgIpc) is 2.57. The summed E-state index contributed by atoms with van der Waals surface area (Å²) in [5, 5.41) is 6.81. The molecule has 4 nitrogen and oxygen atoms in total. The van der Waals surface area contributed by atoms with Crippen molar-refractivity contribution in [1.82, 2.24) is 10.2 Å². The zero-order valence-electron chi connectivity index (χ0n) is 10.7. The largest absolute Gasteiger partial charge is 0.325 e. The predicted octanol–water partition coefficient (Wildman–Crippen LogP) is 2.00. The number of hydrogen-bond acceptors (Lipinski definition) is 3. The first-order chi connectivity index (χ1) is 8.74. The summed E-state index contributed by atoms with van der Waals surface area (Å²) in [6.07, 6.45) is 1.09. The Hall–Kier alpha value is -0.810. The van der Waals surface area contributed by atoms with E-state index in [1.165, 1.54) is 0 Å². The molecule has 2 N–H and O–H groups in total. The van der Waals surface area contributed by atoms with Crippen molar-refractivity contribution in [3.05, 3.63) is 29.3 Å². The van der Waals surface area contributed by atoms with Crippen LogP contribution in [0.5, 0.6) is 0 Å². The number of amides is 1. The zero-order valence-corrected chi connectivity index (χ0v) is 12.3. The van der Waals surface area contributed by atoms with E-state index in [-0.39, 0.29) is 18.3 Å². The monoisotopic (exact) mass is 303 g/mol. The molecule has 1 saturated heterocycles. The second-order valence-corrected chi connectivity index (χ2v) is 4.87. The SMILES string of the molecule is Cl.O=C(CN1CCCNCC1)Nc1cccc(Cl)c1. The number of hydrogen-bond donors (Lipinski definition) is 2. The van der Waals surface area contributed by atoms with E-state index in [0.717, 1.165) is 38.3 Å². The highest BCUT2D eigenvalue weighted by Crippen LogP contribution is 2.14. The molecule has 1 aromatic rings. The van der Waals surface area contributed by atoms with Gasteiger partial charge in [0.15, 0.2) is 0 Å². The van der Waals surface area contributed by atoms with Crippen molar-refractivity contribution in [2.24, 2.45) is 0 Å². The molecule has 1 amide bonds. The fourth-order valence-corrected chi connectivity index (χ4v) is 2.22. The Bertz CT molecular complexity index is 407. The topological polar surface area (TPSA) is 44.4 Å². The van der Waals surface area contributed by atoms with E-state index in [9.17, 15) is 4.79 Å². The van der Waals surface area contributed by atoms with Gasteiger partial charge in [-0.05, 0) is 37.7 Å². The van der Waals surface area contributed by atoms with Gasteiger partial charge in [-0.1, -0.05) is 17.7 Å². The molecule has 2 rings (SSSR count). The fourth-order valence-electron chi connectivity index (χ4n) is 2.03. The van der Waals surface area contributed by atoms with Crippen LogP contribution < -0.4 is 10.6 Å². The molecule has 0 unspecified atom stereocenters. The number of nitrogens with zero attached hydrogens (tertiary/aromatic N) is 1. The summed E-state index contributed by atoms with van der Waals surface area (Å²) in [6.45, 7) is 4.31.